The number of benzene rings is 1. The number of aromatic amines is 1. The molecule has 0 spiro atoms. The molecule has 3 N–H and O–H groups in total. The van der Waals surface area contributed by atoms with Crippen molar-refractivity contribution in [1.82, 2.24) is 15.3 Å². The van der Waals surface area contributed by atoms with Crippen molar-refractivity contribution in [2.45, 2.75) is 40.2 Å². The van der Waals surface area contributed by atoms with Crippen LogP contribution in [0.15, 0.2) is 29.1 Å². The third-order valence-electron chi connectivity index (χ3n) is 4.08. The fourth-order valence-corrected chi connectivity index (χ4v) is 2.73. The molecule has 0 aliphatic heterocycles. The first-order valence-corrected chi connectivity index (χ1v) is 9.07. The van der Waals surface area contributed by atoms with Crippen LogP contribution in [-0.4, -0.2) is 35.5 Å². The Morgan fingerprint density at radius 2 is 2.08 bits per heavy atom. The van der Waals surface area contributed by atoms with Gasteiger partial charge in [0.05, 0.1) is 17.4 Å². The molecule has 0 aliphatic rings. The summed E-state index contributed by atoms with van der Waals surface area (Å²) in [6, 6.07) is 7.32. The molecule has 0 bridgehead atoms. The molecule has 6 heteroatoms. The second-order valence-corrected chi connectivity index (χ2v) is 6.93. The summed E-state index contributed by atoms with van der Waals surface area (Å²) in [6.45, 7) is 8.77. The first kappa shape index (κ1) is 19.1. The lowest BCUT2D eigenvalue weighted by Crippen LogP contribution is -3.12. The number of quaternary nitrogens is 1. The topological polar surface area (TPSA) is 79.3 Å². The van der Waals surface area contributed by atoms with Crippen LogP contribution in [0.1, 0.15) is 39.4 Å². The Morgan fingerprint density at radius 1 is 1.32 bits per heavy atom. The molecule has 136 valence electrons. The summed E-state index contributed by atoms with van der Waals surface area (Å²) in [7, 11) is 0. The van der Waals surface area contributed by atoms with Gasteiger partial charge in [0.1, 0.15) is 6.54 Å². The molecule has 1 aromatic carbocycles. The molecule has 1 aromatic heterocycles. The average molecular weight is 345 g/mol. The standard InChI is InChI=1S/C19H28N4O2/c1-4-5-10-23(13-18(24)20-11-14(2)3)12-17-21-16-9-7-6-8-15(16)19(25)22-17/h6-9,14H,4-5,10-13H2,1-3H3,(H,20,24)(H,21,22,25)/p+1. The molecule has 0 saturated carbocycles. The Kier molecular flexibility index (Phi) is 7.13. The Labute approximate surface area is 148 Å². The highest BCUT2D eigenvalue weighted by Gasteiger charge is 2.16. The normalized spacial score (nSPS) is 12.5. The number of carbonyl (C=O) groups is 1. The van der Waals surface area contributed by atoms with Crippen molar-refractivity contribution in [2.24, 2.45) is 5.92 Å². The molecule has 25 heavy (non-hydrogen) atoms. The van der Waals surface area contributed by atoms with Crippen LogP contribution in [0.3, 0.4) is 0 Å². The van der Waals surface area contributed by atoms with Gasteiger partial charge in [-0.1, -0.05) is 39.3 Å². The van der Waals surface area contributed by atoms with Gasteiger partial charge in [-0.3, -0.25) is 9.59 Å². The first-order valence-electron chi connectivity index (χ1n) is 9.07. The quantitative estimate of drug-likeness (QED) is 0.631. The number of carbonyl (C=O) groups excluding carboxylic acids is 1. The molecule has 0 aliphatic carbocycles. The predicted octanol–water partition coefficient (Wildman–Crippen LogP) is 0.880. The predicted molar refractivity (Wildman–Crippen MR) is 99.5 cm³/mol. The summed E-state index contributed by atoms with van der Waals surface area (Å²) in [6.07, 6.45) is 2.10. The molecule has 2 aromatic rings. The van der Waals surface area contributed by atoms with E-state index in [4.69, 9.17) is 0 Å². The van der Waals surface area contributed by atoms with Gasteiger partial charge < -0.3 is 15.2 Å². The van der Waals surface area contributed by atoms with Gasteiger partial charge in [-0.2, -0.15) is 0 Å². The van der Waals surface area contributed by atoms with Crippen molar-refractivity contribution in [3.05, 3.63) is 40.4 Å². The molecule has 1 amide bonds. The highest BCUT2D eigenvalue weighted by Crippen LogP contribution is 2.04. The van der Waals surface area contributed by atoms with Gasteiger partial charge in [0, 0.05) is 6.54 Å². The lowest BCUT2D eigenvalue weighted by molar-refractivity contribution is -0.906. The maximum absolute atomic E-state index is 12.2. The van der Waals surface area contributed by atoms with Crippen LogP contribution in [0.25, 0.3) is 10.9 Å². The second-order valence-electron chi connectivity index (χ2n) is 6.93. The number of rotatable bonds is 9. The molecular formula is C19H29N4O2+. The minimum atomic E-state index is -0.125. The number of aromatic nitrogens is 2. The van der Waals surface area contributed by atoms with Crippen LogP contribution in [0.2, 0.25) is 0 Å². The third-order valence-corrected chi connectivity index (χ3v) is 4.08. The van der Waals surface area contributed by atoms with Gasteiger partial charge in [0.2, 0.25) is 0 Å². The van der Waals surface area contributed by atoms with E-state index in [0.717, 1.165) is 24.3 Å². The third kappa shape index (κ3) is 5.98. The smallest absolute Gasteiger partial charge is 0.275 e. The van der Waals surface area contributed by atoms with Crippen LogP contribution in [0.4, 0.5) is 0 Å². The van der Waals surface area contributed by atoms with E-state index in [9.17, 15) is 9.59 Å². The van der Waals surface area contributed by atoms with Crippen molar-refractivity contribution in [2.75, 3.05) is 19.6 Å². The zero-order valence-corrected chi connectivity index (χ0v) is 15.4. The maximum atomic E-state index is 12.2. The van der Waals surface area contributed by atoms with E-state index in [1.807, 2.05) is 18.2 Å². The number of amides is 1. The van der Waals surface area contributed by atoms with Crippen molar-refractivity contribution in [1.29, 1.82) is 0 Å². The largest absolute Gasteiger partial charge is 0.351 e. The summed E-state index contributed by atoms with van der Waals surface area (Å²) in [5.74, 6) is 1.11. The number of nitrogens with zero attached hydrogens (tertiary/aromatic N) is 1. The van der Waals surface area contributed by atoms with E-state index >= 15 is 0 Å². The van der Waals surface area contributed by atoms with Crippen molar-refractivity contribution >= 4 is 16.8 Å². The highest BCUT2D eigenvalue weighted by atomic mass is 16.2. The van der Waals surface area contributed by atoms with Crippen LogP contribution >= 0.6 is 0 Å². The molecule has 0 saturated heterocycles. The monoisotopic (exact) mass is 345 g/mol. The second kappa shape index (κ2) is 9.32. The van der Waals surface area contributed by atoms with E-state index < -0.39 is 0 Å². The van der Waals surface area contributed by atoms with E-state index in [2.05, 4.69) is 36.1 Å². The molecule has 2 rings (SSSR count). The zero-order chi connectivity index (χ0) is 18.2. The summed E-state index contributed by atoms with van der Waals surface area (Å²) in [4.78, 5) is 32.9. The van der Waals surface area contributed by atoms with E-state index in [1.54, 1.807) is 6.07 Å². The highest BCUT2D eigenvalue weighted by molar-refractivity contribution is 5.77. The lowest BCUT2D eigenvalue weighted by atomic mass is 10.2. The van der Waals surface area contributed by atoms with Gasteiger partial charge in [-0.05, 0) is 24.5 Å². The Morgan fingerprint density at radius 3 is 2.80 bits per heavy atom. The van der Waals surface area contributed by atoms with E-state index in [-0.39, 0.29) is 11.5 Å². The molecule has 1 unspecified atom stereocenters. The number of hydrogen-bond donors (Lipinski definition) is 3. The van der Waals surface area contributed by atoms with Gasteiger partial charge in [0.25, 0.3) is 11.5 Å². The summed E-state index contributed by atoms with van der Waals surface area (Å²) < 4.78 is 0. The van der Waals surface area contributed by atoms with Crippen LogP contribution < -0.4 is 15.8 Å². The maximum Gasteiger partial charge on any atom is 0.275 e. The number of H-pyrrole nitrogens is 1. The molecule has 6 nitrogen and oxygen atoms in total. The van der Waals surface area contributed by atoms with Gasteiger partial charge >= 0.3 is 0 Å². The molecular weight excluding hydrogens is 316 g/mol. The Hall–Kier alpha value is -2.21. The summed E-state index contributed by atoms with van der Waals surface area (Å²) in [5.41, 5.74) is 0.569. The van der Waals surface area contributed by atoms with Crippen LogP contribution in [0.5, 0.6) is 0 Å². The lowest BCUT2D eigenvalue weighted by Gasteiger charge is -2.19. The SMILES string of the molecule is CCCC[NH+](CC(=O)NCC(C)C)Cc1nc2ccccc2c(=O)[nH]1. The number of fused-ring (bicyclic) bond motifs is 1. The minimum Gasteiger partial charge on any atom is -0.351 e. The molecule has 1 heterocycles. The first-order chi connectivity index (χ1) is 12.0. The average Bonchev–Trinajstić information content (AvgIpc) is 2.58. The number of nitrogens with one attached hydrogen (secondary N) is 3. The Bertz CT molecular complexity index is 754. The van der Waals surface area contributed by atoms with Gasteiger partial charge in [-0.15, -0.1) is 0 Å². The van der Waals surface area contributed by atoms with Crippen LogP contribution in [-0.2, 0) is 11.3 Å². The summed E-state index contributed by atoms with van der Waals surface area (Å²) in [5, 5.41) is 3.56. The number of unbranched alkanes of at least 4 members (excludes halogenated alkanes) is 1. The van der Waals surface area contributed by atoms with Gasteiger partial charge in [0.15, 0.2) is 12.4 Å². The minimum absolute atomic E-state index is 0.0444. The Balaban J connectivity index is 2.10. The fraction of sp³-hybridized carbons (Fsp3) is 0.526. The van der Waals surface area contributed by atoms with Crippen molar-refractivity contribution in [3.8, 4) is 0 Å². The summed E-state index contributed by atoms with van der Waals surface area (Å²) >= 11 is 0. The van der Waals surface area contributed by atoms with Crippen molar-refractivity contribution < 1.29 is 9.69 Å². The number of para-hydroxylation sites is 1. The zero-order valence-electron chi connectivity index (χ0n) is 15.4. The van der Waals surface area contributed by atoms with E-state index in [1.165, 1.54) is 0 Å². The fourth-order valence-electron chi connectivity index (χ4n) is 2.73. The van der Waals surface area contributed by atoms with E-state index in [0.29, 0.717) is 42.3 Å². The molecule has 0 radical (unpaired) electrons. The van der Waals surface area contributed by atoms with Gasteiger partial charge in [-0.25, -0.2) is 4.98 Å². The van der Waals surface area contributed by atoms with Crippen LogP contribution in [0, 0.1) is 5.92 Å². The van der Waals surface area contributed by atoms with Crippen molar-refractivity contribution in [3.63, 3.8) is 0 Å². The molecule has 1 atom stereocenters. The number of hydrogen-bond acceptors (Lipinski definition) is 3. The molecule has 0 fully saturated rings.